The number of nitrogens with zero attached hydrogens (tertiary/aromatic N) is 1. The van der Waals surface area contributed by atoms with Crippen LogP contribution in [0.4, 0.5) is 17.1 Å². The summed E-state index contributed by atoms with van der Waals surface area (Å²) in [5, 5.41) is 7.15. The maximum atomic E-state index is 6.37. The van der Waals surface area contributed by atoms with Crippen LogP contribution in [0, 0.1) is 0 Å². The van der Waals surface area contributed by atoms with E-state index in [9.17, 15) is 0 Å². The molecule has 2 aliphatic rings. The van der Waals surface area contributed by atoms with E-state index in [0.717, 1.165) is 40.3 Å². The number of fused-ring (bicyclic) bond motifs is 6. The Balaban J connectivity index is 1.12. The van der Waals surface area contributed by atoms with Gasteiger partial charge in [-0.25, -0.2) is 0 Å². The number of nitrogens with one attached hydrogen (secondary N) is 1. The van der Waals surface area contributed by atoms with Gasteiger partial charge in [0.2, 0.25) is 0 Å². The molecule has 8 aromatic rings. The van der Waals surface area contributed by atoms with Crippen LogP contribution in [-0.2, 0) is 6.54 Å². The van der Waals surface area contributed by atoms with E-state index in [-0.39, 0.29) is 0 Å². The van der Waals surface area contributed by atoms with Gasteiger partial charge in [0, 0.05) is 35.1 Å². The van der Waals surface area contributed by atoms with Gasteiger partial charge in [-0.05, 0) is 97.8 Å². The highest BCUT2D eigenvalue weighted by Crippen LogP contribution is 2.50. The first kappa shape index (κ1) is 26.9. The minimum atomic E-state index is 0.725. The summed E-state index contributed by atoms with van der Waals surface area (Å²) in [7, 11) is 0. The van der Waals surface area contributed by atoms with Gasteiger partial charge in [-0.1, -0.05) is 115 Å². The summed E-state index contributed by atoms with van der Waals surface area (Å²) >= 11 is 0. The Morgan fingerprint density at radius 1 is 0.500 bits per heavy atom. The highest BCUT2D eigenvalue weighted by Gasteiger charge is 2.26. The molecule has 3 nitrogen and oxygen atoms in total. The molecule has 1 aliphatic heterocycles. The van der Waals surface area contributed by atoms with Gasteiger partial charge in [0.1, 0.15) is 11.3 Å². The van der Waals surface area contributed by atoms with Gasteiger partial charge in [0.15, 0.2) is 0 Å². The molecule has 7 aromatic carbocycles. The zero-order chi connectivity index (χ0) is 31.6. The molecule has 0 radical (unpaired) electrons. The van der Waals surface area contributed by atoms with E-state index in [0.29, 0.717) is 0 Å². The maximum absolute atomic E-state index is 6.37. The number of benzene rings is 7. The largest absolute Gasteiger partial charge is 0.456 e. The molecule has 1 N–H and O–H groups in total. The first-order valence-corrected chi connectivity index (χ1v) is 16.5. The fourth-order valence-corrected chi connectivity index (χ4v) is 7.64. The highest BCUT2D eigenvalue weighted by molar-refractivity contribution is 6.16. The van der Waals surface area contributed by atoms with Gasteiger partial charge in [0.05, 0.1) is 5.69 Å². The lowest BCUT2D eigenvalue weighted by atomic mass is 9.99. The predicted octanol–water partition coefficient (Wildman–Crippen LogP) is 12.1. The number of furan rings is 1. The molecule has 10 rings (SSSR count). The Labute approximate surface area is 279 Å². The van der Waals surface area contributed by atoms with Gasteiger partial charge >= 0.3 is 0 Å². The maximum Gasteiger partial charge on any atom is 0.137 e. The smallest absolute Gasteiger partial charge is 0.137 e. The van der Waals surface area contributed by atoms with Crippen molar-refractivity contribution in [3.8, 4) is 44.5 Å². The lowest BCUT2D eigenvalue weighted by molar-refractivity contribution is 0.592. The zero-order valence-electron chi connectivity index (χ0n) is 26.2. The molecular weight excluding hydrogens is 585 g/mol. The second kappa shape index (κ2) is 10.6. The van der Waals surface area contributed by atoms with Crippen LogP contribution in [0.2, 0.25) is 0 Å². The van der Waals surface area contributed by atoms with Crippen molar-refractivity contribution in [2.75, 3.05) is 4.90 Å². The average molecular weight is 615 g/mol. The third-order valence-corrected chi connectivity index (χ3v) is 9.89. The third-order valence-electron chi connectivity index (χ3n) is 9.89. The first-order chi connectivity index (χ1) is 23.8. The van der Waals surface area contributed by atoms with Crippen LogP contribution in [0.1, 0.15) is 11.3 Å². The molecule has 0 bridgehead atoms. The molecule has 0 unspecified atom stereocenters. The molecule has 0 amide bonds. The standard InChI is InChI=1S/C45H30N2O/c1-2-7-29(8-3-1)30-15-17-31(18-16-30)32-19-21-34(22-20-32)47(41-13-6-14-43-45(41)40-28-46-26-25-42(40)48-43)35-23-24-36-37-11-4-9-33-10-5-12-38(44(33)37)39(36)27-35/h1-27,46H,28H2. The van der Waals surface area contributed by atoms with Gasteiger partial charge in [-0.3, -0.25) is 0 Å². The van der Waals surface area contributed by atoms with Crippen LogP contribution in [0.3, 0.4) is 0 Å². The number of hydrogen-bond donors (Lipinski definition) is 1. The van der Waals surface area contributed by atoms with E-state index in [2.05, 4.69) is 162 Å². The van der Waals surface area contributed by atoms with Gasteiger partial charge in [0.25, 0.3) is 0 Å². The SMILES string of the molecule is C1=Cc2oc3cccc(N(c4ccc(-c5ccc(-c6ccccc6)cc5)cc4)c4ccc5c(c4)-c4cccc6cccc-5c46)c3c2CN1. The van der Waals surface area contributed by atoms with Crippen molar-refractivity contribution in [1.29, 1.82) is 0 Å². The quantitative estimate of drug-likeness (QED) is 0.209. The first-order valence-electron chi connectivity index (χ1n) is 16.5. The summed E-state index contributed by atoms with van der Waals surface area (Å²) in [5.41, 5.74) is 15.4. The van der Waals surface area contributed by atoms with E-state index in [1.165, 1.54) is 60.8 Å². The Morgan fingerprint density at radius 3 is 1.90 bits per heavy atom. The van der Waals surface area contributed by atoms with E-state index >= 15 is 0 Å². The van der Waals surface area contributed by atoms with Crippen LogP contribution in [-0.4, -0.2) is 0 Å². The molecule has 0 saturated heterocycles. The molecule has 48 heavy (non-hydrogen) atoms. The molecule has 1 aliphatic carbocycles. The molecule has 0 atom stereocenters. The van der Waals surface area contributed by atoms with E-state index in [4.69, 9.17) is 4.42 Å². The van der Waals surface area contributed by atoms with Crippen molar-refractivity contribution in [2.24, 2.45) is 0 Å². The second-order valence-corrected chi connectivity index (χ2v) is 12.6. The Morgan fingerprint density at radius 2 is 1.15 bits per heavy atom. The molecule has 1 aromatic heterocycles. The van der Waals surface area contributed by atoms with Crippen LogP contribution in [0.5, 0.6) is 0 Å². The summed E-state index contributed by atoms with van der Waals surface area (Å²) in [6, 6.07) is 54.9. The Kier molecular flexibility index (Phi) is 5.94. The monoisotopic (exact) mass is 614 g/mol. The van der Waals surface area contributed by atoms with Gasteiger partial charge in [-0.15, -0.1) is 0 Å². The molecule has 0 saturated carbocycles. The van der Waals surface area contributed by atoms with Crippen LogP contribution >= 0.6 is 0 Å². The summed E-state index contributed by atoms with van der Waals surface area (Å²) in [5.74, 6) is 0.918. The predicted molar refractivity (Wildman–Crippen MR) is 200 cm³/mol. The molecule has 0 fully saturated rings. The molecule has 3 heteroatoms. The normalized spacial score (nSPS) is 12.6. The topological polar surface area (TPSA) is 28.4 Å². The van der Waals surface area contributed by atoms with E-state index < -0.39 is 0 Å². The summed E-state index contributed by atoms with van der Waals surface area (Å²) in [6.45, 7) is 0.725. The van der Waals surface area contributed by atoms with Crippen molar-refractivity contribution < 1.29 is 4.42 Å². The van der Waals surface area contributed by atoms with Crippen LogP contribution in [0.15, 0.2) is 162 Å². The van der Waals surface area contributed by atoms with E-state index in [1.54, 1.807) is 0 Å². The molecule has 0 spiro atoms. The molecular formula is C45H30N2O. The van der Waals surface area contributed by atoms with Crippen LogP contribution in [0.25, 0.3) is 72.3 Å². The van der Waals surface area contributed by atoms with Crippen molar-refractivity contribution in [1.82, 2.24) is 5.32 Å². The highest BCUT2D eigenvalue weighted by atomic mass is 16.3. The fraction of sp³-hybridized carbons (Fsp3) is 0.0222. The summed E-state index contributed by atoms with van der Waals surface area (Å²) in [6.07, 6.45) is 3.99. The number of hydrogen-bond acceptors (Lipinski definition) is 3. The Bertz CT molecular complexity index is 2540. The van der Waals surface area contributed by atoms with Crippen LogP contribution < -0.4 is 10.2 Å². The zero-order valence-corrected chi connectivity index (χ0v) is 26.2. The minimum absolute atomic E-state index is 0.725. The average Bonchev–Trinajstić information content (AvgIpc) is 3.70. The van der Waals surface area contributed by atoms with Gasteiger partial charge in [-0.2, -0.15) is 0 Å². The molecule has 226 valence electrons. The van der Waals surface area contributed by atoms with Crippen molar-refractivity contribution >= 4 is 44.9 Å². The number of anilines is 3. The van der Waals surface area contributed by atoms with Gasteiger partial charge < -0.3 is 14.6 Å². The summed E-state index contributed by atoms with van der Waals surface area (Å²) < 4.78 is 6.37. The minimum Gasteiger partial charge on any atom is -0.456 e. The summed E-state index contributed by atoms with van der Waals surface area (Å²) in [4.78, 5) is 2.39. The fourth-order valence-electron chi connectivity index (χ4n) is 7.64. The van der Waals surface area contributed by atoms with Crippen molar-refractivity contribution in [2.45, 2.75) is 6.54 Å². The lowest BCUT2D eigenvalue weighted by Gasteiger charge is -2.27. The third kappa shape index (κ3) is 4.14. The van der Waals surface area contributed by atoms with Crippen molar-refractivity contribution in [3.63, 3.8) is 0 Å². The molecule has 2 heterocycles. The lowest BCUT2D eigenvalue weighted by Crippen LogP contribution is -2.13. The second-order valence-electron chi connectivity index (χ2n) is 12.6. The van der Waals surface area contributed by atoms with E-state index in [1.807, 2.05) is 12.3 Å². The Hall–Kier alpha value is -6.32. The van der Waals surface area contributed by atoms with Crippen molar-refractivity contribution in [3.05, 3.63) is 169 Å². The number of rotatable bonds is 5.